The van der Waals surface area contributed by atoms with Gasteiger partial charge in [-0.15, -0.1) is 0 Å². The molecule has 0 saturated heterocycles. The van der Waals surface area contributed by atoms with E-state index in [1.165, 1.54) is 24.0 Å². The molecule has 0 aromatic heterocycles. The summed E-state index contributed by atoms with van der Waals surface area (Å²) in [5.74, 6) is 0.744. The van der Waals surface area contributed by atoms with Crippen molar-refractivity contribution in [1.29, 1.82) is 0 Å². The standard InChI is InChI=1S/C13H16/c1-4-11-7-10(3)12-6-5-9(2)13(12)8-11/h4,7-9H,1,5-6H2,2-3H3/t9-/m1/s1. The van der Waals surface area contributed by atoms with Gasteiger partial charge in [0.15, 0.2) is 0 Å². The van der Waals surface area contributed by atoms with Crippen LogP contribution in [-0.2, 0) is 6.42 Å². The molecule has 0 bridgehead atoms. The maximum Gasteiger partial charge on any atom is -0.0184 e. The third-order valence-electron chi connectivity index (χ3n) is 3.12. The molecule has 0 fully saturated rings. The van der Waals surface area contributed by atoms with Crippen molar-refractivity contribution in [2.45, 2.75) is 32.6 Å². The summed E-state index contributed by atoms with van der Waals surface area (Å²) in [5.41, 5.74) is 5.84. The zero-order valence-corrected chi connectivity index (χ0v) is 8.43. The van der Waals surface area contributed by atoms with E-state index < -0.39 is 0 Å². The average Bonchev–Trinajstić information content (AvgIpc) is 2.48. The molecular weight excluding hydrogens is 156 g/mol. The Morgan fingerprint density at radius 3 is 2.92 bits per heavy atom. The monoisotopic (exact) mass is 172 g/mol. The Bertz CT molecular complexity index is 347. The molecule has 0 aliphatic heterocycles. The second-order valence-corrected chi connectivity index (χ2v) is 4.05. The first-order chi connectivity index (χ1) is 6.22. The normalized spacial score (nSPS) is 20.0. The van der Waals surface area contributed by atoms with Crippen molar-refractivity contribution in [3.63, 3.8) is 0 Å². The highest BCUT2D eigenvalue weighted by molar-refractivity contribution is 5.54. The number of hydrogen-bond acceptors (Lipinski definition) is 0. The molecule has 2 rings (SSSR count). The van der Waals surface area contributed by atoms with Gasteiger partial charge in [-0.05, 0) is 47.9 Å². The van der Waals surface area contributed by atoms with Crippen LogP contribution in [0, 0.1) is 6.92 Å². The van der Waals surface area contributed by atoms with Gasteiger partial charge in [0.25, 0.3) is 0 Å². The number of fused-ring (bicyclic) bond motifs is 1. The van der Waals surface area contributed by atoms with Crippen molar-refractivity contribution < 1.29 is 0 Å². The zero-order chi connectivity index (χ0) is 9.42. The van der Waals surface area contributed by atoms with Crippen LogP contribution in [0.5, 0.6) is 0 Å². The molecule has 1 atom stereocenters. The summed E-state index contributed by atoms with van der Waals surface area (Å²) in [6.45, 7) is 8.35. The van der Waals surface area contributed by atoms with Gasteiger partial charge < -0.3 is 0 Å². The van der Waals surface area contributed by atoms with Crippen LogP contribution in [0.3, 0.4) is 0 Å². The molecular formula is C13H16. The molecule has 0 N–H and O–H groups in total. The van der Waals surface area contributed by atoms with Crippen molar-refractivity contribution in [2.75, 3.05) is 0 Å². The number of aryl methyl sites for hydroxylation is 1. The highest BCUT2D eigenvalue weighted by atomic mass is 14.2. The second-order valence-electron chi connectivity index (χ2n) is 4.05. The first-order valence-electron chi connectivity index (χ1n) is 4.98. The second kappa shape index (κ2) is 3.02. The Balaban J connectivity index is 2.59. The van der Waals surface area contributed by atoms with Crippen LogP contribution in [0.1, 0.15) is 41.5 Å². The molecule has 0 unspecified atom stereocenters. The molecule has 1 aliphatic carbocycles. The van der Waals surface area contributed by atoms with Gasteiger partial charge in [0.1, 0.15) is 0 Å². The van der Waals surface area contributed by atoms with E-state index in [2.05, 4.69) is 32.6 Å². The van der Waals surface area contributed by atoms with Crippen LogP contribution in [0.15, 0.2) is 18.7 Å². The minimum Gasteiger partial charge on any atom is -0.0985 e. The molecule has 13 heavy (non-hydrogen) atoms. The van der Waals surface area contributed by atoms with E-state index in [4.69, 9.17) is 0 Å². The summed E-state index contributed by atoms with van der Waals surface area (Å²) in [4.78, 5) is 0. The third-order valence-corrected chi connectivity index (χ3v) is 3.12. The lowest BCUT2D eigenvalue weighted by Gasteiger charge is -2.08. The fraction of sp³-hybridized carbons (Fsp3) is 0.385. The van der Waals surface area contributed by atoms with Gasteiger partial charge in [-0.1, -0.05) is 31.7 Å². The maximum atomic E-state index is 3.82. The van der Waals surface area contributed by atoms with Crippen LogP contribution in [0.2, 0.25) is 0 Å². The summed E-state index contributed by atoms with van der Waals surface area (Å²) in [5, 5.41) is 0. The van der Waals surface area contributed by atoms with Crippen LogP contribution in [0.4, 0.5) is 0 Å². The molecule has 0 spiro atoms. The topological polar surface area (TPSA) is 0 Å². The Kier molecular flexibility index (Phi) is 1.99. The van der Waals surface area contributed by atoms with Crippen molar-refractivity contribution in [3.05, 3.63) is 41.0 Å². The molecule has 0 heteroatoms. The summed E-state index contributed by atoms with van der Waals surface area (Å²) < 4.78 is 0. The van der Waals surface area contributed by atoms with Gasteiger partial charge in [-0.2, -0.15) is 0 Å². The summed E-state index contributed by atoms with van der Waals surface area (Å²) in [6.07, 6.45) is 4.52. The van der Waals surface area contributed by atoms with Crippen LogP contribution >= 0.6 is 0 Å². The summed E-state index contributed by atoms with van der Waals surface area (Å²) in [6, 6.07) is 4.54. The van der Waals surface area contributed by atoms with Crippen molar-refractivity contribution >= 4 is 6.08 Å². The zero-order valence-electron chi connectivity index (χ0n) is 8.43. The highest BCUT2D eigenvalue weighted by Gasteiger charge is 2.19. The smallest absolute Gasteiger partial charge is 0.0184 e. The molecule has 0 nitrogen and oxygen atoms in total. The number of benzene rings is 1. The van der Waals surface area contributed by atoms with Gasteiger partial charge in [-0.3, -0.25) is 0 Å². The van der Waals surface area contributed by atoms with Gasteiger partial charge in [-0.25, -0.2) is 0 Å². The lowest BCUT2D eigenvalue weighted by Crippen LogP contribution is -1.90. The molecule has 0 amide bonds. The third kappa shape index (κ3) is 1.31. The largest absolute Gasteiger partial charge is 0.0985 e. The molecule has 1 aliphatic rings. The van der Waals surface area contributed by atoms with Gasteiger partial charge in [0, 0.05) is 0 Å². The minimum atomic E-state index is 0.744. The van der Waals surface area contributed by atoms with Gasteiger partial charge in [0.2, 0.25) is 0 Å². The summed E-state index contributed by atoms with van der Waals surface area (Å²) >= 11 is 0. The van der Waals surface area contributed by atoms with E-state index in [-0.39, 0.29) is 0 Å². The van der Waals surface area contributed by atoms with Crippen molar-refractivity contribution in [1.82, 2.24) is 0 Å². The van der Waals surface area contributed by atoms with E-state index in [0.29, 0.717) is 0 Å². The van der Waals surface area contributed by atoms with Crippen molar-refractivity contribution in [2.24, 2.45) is 0 Å². The molecule has 0 radical (unpaired) electrons. The number of hydrogen-bond donors (Lipinski definition) is 0. The quantitative estimate of drug-likeness (QED) is 0.606. The van der Waals surface area contributed by atoms with Gasteiger partial charge in [0.05, 0.1) is 0 Å². The van der Waals surface area contributed by atoms with E-state index in [1.54, 1.807) is 11.1 Å². The van der Waals surface area contributed by atoms with Crippen LogP contribution < -0.4 is 0 Å². The molecule has 1 aromatic rings. The first-order valence-corrected chi connectivity index (χ1v) is 4.98. The predicted octanol–water partition coefficient (Wildman–Crippen LogP) is 3.69. The SMILES string of the molecule is C=Cc1cc(C)c2c(c1)[C@H](C)CC2. The fourth-order valence-corrected chi connectivity index (χ4v) is 2.29. The molecule has 0 heterocycles. The van der Waals surface area contributed by atoms with Crippen LogP contribution in [-0.4, -0.2) is 0 Å². The molecule has 0 saturated carbocycles. The van der Waals surface area contributed by atoms with E-state index in [1.807, 2.05) is 6.08 Å². The van der Waals surface area contributed by atoms with E-state index in [9.17, 15) is 0 Å². The Morgan fingerprint density at radius 1 is 1.46 bits per heavy atom. The average molecular weight is 172 g/mol. The van der Waals surface area contributed by atoms with Gasteiger partial charge >= 0.3 is 0 Å². The Labute approximate surface area is 80.3 Å². The van der Waals surface area contributed by atoms with Crippen LogP contribution in [0.25, 0.3) is 6.08 Å². The first kappa shape index (κ1) is 8.55. The minimum absolute atomic E-state index is 0.744. The fourth-order valence-electron chi connectivity index (χ4n) is 2.29. The maximum absolute atomic E-state index is 3.82. The van der Waals surface area contributed by atoms with Crippen molar-refractivity contribution in [3.8, 4) is 0 Å². The van der Waals surface area contributed by atoms with E-state index in [0.717, 1.165) is 5.92 Å². The Hall–Kier alpha value is -1.04. The Morgan fingerprint density at radius 2 is 2.23 bits per heavy atom. The van der Waals surface area contributed by atoms with E-state index >= 15 is 0 Å². The lowest BCUT2D eigenvalue weighted by molar-refractivity contribution is 0.747. The highest BCUT2D eigenvalue weighted by Crippen LogP contribution is 2.35. The summed E-state index contributed by atoms with van der Waals surface area (Å²) in [7, 11) is 0. The molecule has 1 aromatic carbocycles. The molecule has 68 valence electrons. The lowest BCUT2D eigenvalue weighted by atomic mass is 9.97. The predicted molar refractivity (Wildman–Crippen MR) is 58.0 cm³/mol. The number of rotatable bonds is 1.